The van der Waals surface area contributed by atoms with Crippen LogP contribution in [-0.4, -0.2) is 49.6 Å². The molecule has 21 heavy (non-hydrogen) atoms. The number of rotatable bonds is 5. The van der Waals surface area contributed by atoms with Crippen molar-refractivity contribution in [1.82, 2.24) is 9.62 Å². The fraction of sp³-hybridized carbons (Fsp3) is 0.615. The molecule has 116 valence electrons. The van der Waals surface area contributed by atoms with Gasteiger partial charge in [0.2, 0.25) is 10.0 Å². The Morgan fingerprint density at radius 3 is 2.43 bits per heavy atom. The highest BCUT2D eigenvalue weighted by Gasteiger charge is 2.33. The predicted octanol–water partition coefficient (Wildman–Crippen LogP) is 1.35. The largest absolute Gasteiger partial charge is 0.477 e. The maximum absolute atomic E-state index is 12.3. The zero-order valence-electron chi connectivity index (χ0n) is 11.5. The molecule has 1 aliphatic heterocycles. The molecule has 0 unspecified atom stereocenters. The zero-order valence-corrected chi connectivity index (χ0v) is 13.1. The number of piperidine rings is 1. The summed E-state index contributed by atoms with van der Waals surface area (Å²) in [4.78, 5) is 13.3. The lowest BCUT2D eigenvalue weighted by Crippen LogP contribution is -2.45. The standard InChI is InChI=1S/C13H18N2O4S2/c16-13(17)11-3-4-12(20-11)21(18,19)14-9-5-7-15(8-6-9)10-1-2-10/h3-4,9-10,14H,1-2,5-8H2,(H,16,17). The lowest BCUT2D eigenvalue weighted by atomic mass is 10.1. The van der Waals surface area contributed by atoms with Crippen molar-refractivity contribution >= 4 is 27.3 Å². The normalized spacial score (nSPS) is 21.5. The molecule has 1 aliphatic carbocycles. The van der Waals surface area contributed by atoms with Gasteiger partial charge in [-0.3, -0.25) is 0 Å². The third-order valence-corrected chi connectivity index (χ3v) is 7.06. The number of carboxylic acids is 1. The Bertz CT molecular complexity index is 628. The van der Waals surface area contributed by atoms with Crippen molar-refractivity contribution < 1.29 is 18.3 Å². The Labute approximate surface area is 127 Å². The molecule has 2 N–H and O–H groups in total. The van der Waals surface area contributed by atoms with Crippen LogP contribution in [0, 0.1) is 0 Å². The van der Waals surface area contributed by atoms with Crippen molar-refractivity contribution in [3.8, 4) is 0 Å². The second kappa shape index (κ2) is 5.68. The monoisotopic (exact) mass is 330 g/mol. The molecule has 6 nitrogen and oxygen atoms in total. The number of carboxylic acid groups (broad SMARTS) is 1. The lowest BCUT2D eigenvalue weighted by Gasteiger charge is -2.32. The van der Waals surface area contributed by atoms with Gasteiger partial charge >= 0.3 is 5.97 Å². The maximum Gasteiger partial charge on any atom is 0.345 e. The van der Waals surface area contributed by atoms with Gasteiger partial charge in [-0.1, -0.05) is 0 Å². The van der Waals surface area contributed by atoms with Crippen LogP contribution in [0.2, 0.25) is 0 Å². The van der Waals surface area contributed by atoms with Gasteiger partial charge in [0.1, 0.15) is 9.09 Å². The van der Waals surface area contributed by atoms with Crippen molar-refractivity contribution in [3.05, 3.63) is 17.0 Å². The fourth-order valence-electron chi connectivity index (χ4n) is 2.68. The first kappa shape index (κ1) is 15.0. The van der Waals surface area contributed by atoms with Crippen LogP contribution in [0.3, 0.4) is 0 Å². The van der Waals surface area contributed by atoms with E-state index in [1.165, 1.54) is 25.0 Å². The SMILES string of the molecule is O=C(O)c1ccc(S(=O)(=O)NC2CCN(C3CC3)CC2)s1. The van der Waals surface area contributed by atoms with E-state index in [0.717, 1.165) is 43.3 Å². The summed E-state index contributed by atoms with van der Waals surface area (Å²) in [5, 5.41) is 8.86. The predicted molar refractivity (Wildman–Crippen MR) is 79.2 cm³/mol. The van der Waals surface area contributed by atoms with Crippen molar-refractivity contribution in [3.63, 3.8) is 0 Å². The van der Waals surface area contributed by atoms with Crippen LogP contribution in [0.5, 0.6) is 0 Å². The highest BCUT2D eigenvalue weighted by Crippen LogP contribution is 2.30. The number of nitrogens with one attached hydrogen (secondary N) is 1. The highest BCUT2D eigenvalue weighted by atomic mass is 32.2. The molecular weight excluding hydrogens is 312 g/mol. The summed E-state index contributed by atoms with van der Waals surface area (Å²) in [7, 11) is -3.61. The molecule has 2 heterocycles. The molecule has 2 fully saturated rings. The average molecular weight is 330 g/mol. The number of nitrogens with zero attached hydrogens (tertiary/aromatic N) is 1. The minimum Gasteiger partial charge on any atom is -0.477 e. The molecule has 1 aromatic heterocycles. The highest BCUT2D eigenvalue weighted by molar-refractivity contribution is 7.91. The van der Waals surface area contributed by atoms with Gasteiger partial charge < -0.3 is 10.0 Å². The number of carbonyl (C=O) groups is 1. The van der Waals surface area contributed by atoms with Gasteiger partial charge in [0.05, 0.1) is 0 Å². The first-order chi connectivity index (χ1) is 9.95. The topological polar surface area (TPSA) is 86.7 Å². The summed E-state index contributed by atoms with van der Waals surface area (Å²) in [6, 6.07) is 3.35. The van der Waals surface area contributed by atoms with Gasteiger partial charge in [0, 0.05) is 12.1 Å². The minimum atomic E-state index is -3.61. The van der Waals surface area contributed by atoms with E-state index in [-0.39, 0.29) is 15.1 Å². The second-order valence-electron chi connectivity index (χ2n) is 5.59. The van der Waals surface area contributed by atoms with E-state index < -0.39 is 16.0 Å². The van der Waals surface area contributed by atoms with E-state index in [4.69, 9.17) is 5.11 Å². The number of hydrogen-bond donors (Lipinski definition) is 2. The van der Waals surface area contributed by atoms with E-state index in [1.807, 2.05) is 0 Å². The van der Waals surface area contributed by atoms with Crippen molar-refractivity contribution in [2.75, 3.05) is 13.1 Å². The van der Waals surface area contributed by atoms with Crippen LogP contribution in [0.1, 0.15) is 35.4 Å². The first-order valence-corrected chi connectivity index (χ1v) is 9.35. The summed E-state index contributed by atoms with van der Waals surface area (Å²) in [5.41, 5.74) is 0. The van der Waals surface area contributed by atoms with Gasteiger partial charge in [-0.15, -0.1) is 11.3 Å². The Morgan fingerprint density at radius 1 is 1.24 bits per heavy atom. The van der Waals surface area contributed by atoms with Gasteiger partial charge in [0.15, 0.2) is 0 Å². The summed E-state index contributed by atoms with van der Waals surface area (Å²) >= 11 is 0.792. The zero-order chi connectivity index (χ0) is 15.0. The van der Waals surface area contributed by atoms with Crippen molar-refractivity contribution in [2.24, 2.45) is 0 Å². The van der Waals surface area contributed by atoms with Crippen LogP contribution in [0.25, 0.3) is 0 Å². The number of aromatic carboxylic acids is 1. The maximum atomic E-state index is 12.3. The van der Waals surface area contributed by atoms with E-state index >= 15 is 0 Å². The average Bonchev–Trinajstić information content (AvgIpc) is 3.14. The van der Waals surface area contributed by atoms with E-state index in [0.29, 0.717) is 0 Å². The number of likely N-dealkylation sites (tertiary alicyclic amines) is 1. The van der Waals surface area contributed by atoms with Crippen molar-refractivity contribution in [1.29, 1.82) is 0 Å². The van der Waals surface area contributed by atoms with E-state index in [2.05, 4.69) is 9.62 Å². The van der Waals surface area contributed by atoms with Gasteiger partial charge in [0.25, 0.3) is 0 Å². The molecule has 3 rings (SSSR count). The number of hydrogen-bond acceptors (Lipinski definition) is 5. The summed E-state index contributed by atoms with van der Waals surface area (Å²) in [6.07, 6.45) is 4.16. The minimum absolute atomic E-state index is 0.0407. The molecule has 1 saturated heterocycles. The molecular formula is C13H18N2O4S2. The van der Waals surface area contributed by atoms with Crippen LogP contribution in [-0.2, 0) is 10.0 Å². The lowest BCUT2D eigenvalue weighted by molar-refractivity contribution is 0.0702. The Morgan fingerprint density at radius 2 is 1.90 bits per heavy atom. The van der Waals surface area contributed by atoms with E-state index in [9.17, 15) is 13.2 Å². The summed E-state index contributed by atoms with van der Waals surface area (Å²) < 4.78 is 27.3. The van der Waals surface area contributed by atoms with E-state index in [1.54, 1.807) is 0 Å². The third kappa shape index (κ3) is 3.45. The van der Waals surface area contributed by atoms with Crippen LogP contribution < -0.4 is 4.72 Å². The first-order valence-electron chi connectivity index (χ1n) is 7.05. The molecule has 0 spiro atoms. The Kier molecular flexibility index (Phi) is 4.04. The molecule has 0 bridgehead atoms. The third-order valence-electron chi connectivity index (χ3n) is 3.97. The number of thiophene rings is 1. The van der Waals surface area contributed by atoms with Gasteiger partial charge in [-0.2, -0.15) is 0 Å². The Balaban J connectivity index is 1.61. The molecule has 0 radical (unpaired) electrons. The molecule has 8 heteroatoms. The number of sulfonamides is 1. The molecule has 1 saturated carbocycles. The smallest absolute Gasteiger partial charge is 0.345 e. The molecule has 1 aromatic rings. The second-order valence-corrected chi connectivity index (χ2v) is 8.61. The summed E-state index contributed by atoms with van der Waals surface area (Å²) in [6.45, 7) is 1.87. The molecule has 0 atom stereocenters. The van der Waals surface area contributed by atoms with Crippen LogP contribution >= 0.6 is 11.3 Å². The van der Waals surface area contributed by atoms with Gasteiger partial charge in [-0.25, -0.2) is 17.9 Å². The molecule has 0 aromatic carbocycles. The fourth-order valence-corrected chi connectivity index (χ4v) is 5.15. The molecule has 0 amide bonds. The van der Waals surface area contributed by atoms with Gasteiger partial charge in [-0.05, 0) is 50.9 Å². The quantitative estimate of drug-likeness (QED) is 0.851. The summed E-state index contributed by atoms with van der Waals surface area (Å²) in [5.74, 6) is -1.10. The molecule has 2 aliphatic rings. The van der Waals surface area contributed by atoms with Crippen LogP contribution in [0.4, 0.5) is 0 Å². The van der Waals surface area contributed by atoms with Crippen LogP contribution in [0.15, 0.2) is 16.3 Å². The Hall–Kier alpha value is -0.960. The van der Waals surface area contributed by atoms with Crippen molar-refractivity contribution in [2.45, 2.75) is 42.0 Å².